The molecule has 0 unspecified atom stereocenters. The van der Waals surface area contributed by atoms with Crippen LogP contribution in [0, 0.1) is 13.8 Å². The van der Waals surface area contributed by atoms with E-state index >= 15 is 0 Å². The molecule has 0 aliphatic heterocycles. The number of hydrogen-bond acceptors (Lipinski definition) is 4. The molecule has 1 N–H and O–H groups in total. The van der Waals surface area contributed by atoms with E-state index in [1.54, 1.807) is 0 Å². The molecule has 20 heavy (non-hydrogen) atoms. The van der Waals surface area contributed by atoms with Gasteiger partial charge >= 0.3 is 0 Å². The molecule has 0 amide bonds. The van der Waals surface area contributed by atoms with Crippen LogP contribution in [0.25, 0.3) is 5.78 Å². The molecule has 1 aliphatic rings. The Morgan fingerprint density at radius 2 is 1.90 bits per heavy atom. The van der Waals surface area contributed by atoms with Crippen LogP contribution >= 0.6 is 0 Å². The van der Waals surface area contributed by atoms with Crippen molar-refractivity contribution in [2.45, 2.75) is 65.3 Å². The third kappa shape index (κ3) is 2.37. The summed E-state index contributed by atoms with van der Waals surface area (Å²) < 4.78 is 1.88. The van der Waals surface area contributed by atoms with Crippen molar-refractivity contribution in [2.24, 2.45) is 0 Å². The third-order valence-electron chi connectivity index (χ3n) is 4.20. The molecule has 1 fully saturated rings. The van der Waals surface area contributed by atoms with Gasteiger partial charge in [-0.2, -0.15) is 9.50 Å². The SMILES string of the molecule is CCc1c(C)nc2nc(C)nn2c1NC1CCCCC1. The zero-order valence-corrected chi connectivity index (χ0v) is 12.6. The molecule has 0 radical (unpaired) electrons. The fourth-order valence-electron chi connectivity index (χ4n) is 3.15. The predicted octanol–water partition coefficient (Wildman–Crippen LogP) is 3.05. The molecule has 0 spiro atoms. The number of nitrogens with one attached hydrogen (secondary N) is 1. The van der Waals surface area contributed by atoms with Crippen molar-refractivity contribution in [1.29, 1.82) is 0 Å². The Bertz CT molecular complexity index is 610. The van der Waals surface area contributed by atoms with Crippen LogP contribution in [-0.2, 0) is 6.42 Å². The van der Waals surface area contributed by atoms with E-state index in [0.717, 1.165) is 23.8 Å². The van der Waals surface area contributed by atoms with Crippen molar-refractivity contribution in [3.63, 3.8) is 0 Å². The second-order valence-corrected chi connectivity index (χ2v) is 5.73. The molecule has 2 aromatic rings. The van der Waals surface area contributed by atoms with Gasteiger partial charge in [0.1, 0.15) is 11.6 Å². The van der Waals surface area contributed by atoms with Crippen molar-refractivity contribution in [1.82, 2.24) is 19.6 Å². The second-order valence-electron chi connectivity index (χ2n) is 5.73. The maximum Gasteiger partial charge on any atom is 0.254 e. The fraction of sp³-hybridized carbons (Fsp3) is 0.667. The van der Waals surface area contributed by atoms with Gasteiger partial charge in [-0.1, -0.05) is 26.2 Å². The molecule has 5 nitrogen and oxygen atoms in total. The number of aromatic nitrogens is 4. The van der Waals surface area contributed by atoms with Crippen LogP contribution in [0.5, 0.6) is 0 Å². The zero-order chi connectivity index (χ0) is 14.1. The highest BCUT2D eigenvalue weighted by Crippen LogP contribution is 2.25. The van der Waals surface area contributed by atoms with Gasteiger partial charge in [-0.05, 0) is 33.1 Å². The maximum atomic E-state index is 4.57. The number of aryl methyl sites for hydroxylation is 2. The van der Waals surface area contributed by atoms with Crippen LogP contribution in [0.15, 0.2) is 0 Å². The Morgan fingerprint density at radius 3 is 2.60 bits per heavy atom. The lowest BCUT2D eigenvalue weighted by Crippen LogP contribution is -2.25. The first-order valence-electron chi connectivity index (χ1n) is 7.68. The Morgan fingerprint density at radius 1 is 1.15 bits per heavy atom. The second kappa shape index (κ2) is 5.38. The molecule has 2 heterocycles. The summed E-state index contributed by atoms with van der Waals surface area (Å²) in [5, 5.41) is 8.23. The van der Waals surface area contributed by atoms with Gasteiger partial charge in [0, 0.05) is 17.3 Å². The monoisotopic (exact) mass is 273 g/mol. The van der Waals surface area contributed by atoms with E-state index in [9.17, 15) is 0 Å². The smallest absolute Gasteiger partial charge is 0.254 e. The van der Waals surface area contributed by atoms with E-state index in [4.69, 9.17) is 0 Å². The Labute approximate surface area is 119 Å². The van der Waals surface area contributed by atoms with E-state index in [2.05, 4.69) is 34.2 Å². The van der Waals surface area contributed by atoms with E-state index in [0.29, 0.717) is 11.8 Å². The molecule has 0 aromatic carbocycles. The van der Waals surface area contributed by atoms with E-state index in [1.165, 1.54) is 37.7 Å². The van der Waals surface area contributed by atoms with E-state index < -0.39 is 0 Å². The molecule has 5 heteroatoms. The van der Waals surface area contributed by atoms with Crippen LogP contribution in [-0.4, -0.2) is 25.6 Å². The van der Waals surface area contributed by atoms with Gasteiger partial charge in [0.05, 0.1) is 0 Å². The predicted molar refractivity (Wildman–Crippen MR) is 80.1 cm³/mol. The van der Waals surface area contributed by atoms with Crippen molar-refractivity contribution >= 4 is 11.6 Å². The highest BCUT2D eigenvalue weighted by molar-refractivity contribution is 5.53. The molecular formula is C15H23N5. The highest BCUT2D eigenvalue weighted by Gasteiger charge is 2.19. The van der Waals surface area contributed by atoms with E-state index in [1.807, 2.05) is 11.4 Å². The quantitative estimate of drug-likeness (QED) is 0.934. The summed E-state index contributed by atoms with van der Waals surface area (Å²) in [6.07, 6.45) is 7.47. The molecule has 1 saturated carbocycles. The number of anilines is 1. The lowest BCUT2D eigenvalue weighted by Gasteiger charge is -2.25. The normalized spacial score (nSPS) is 16.8. The largest absolute Gasteiger partial charge is 0.367 e. The molecule has 0 atom stereocenters. The first kappa shape index (κ1) is 13.3. The number of rotatable bonds is 3. The lowest BCUT2D eigenvalue weighted by atomic mass is 9.95. The van der Waals surface area contributed by atoms with Crippen LogP contribution in [0.3, 0.4) is 0 Å². The van der Waals surface area contributed by atoms with Gasteiger partial charge < -0.3 is 5.32 Å². The topological polar surface area (TPSA) is 55.1 Å². The minimum atomic E-state index is 0.559. The lowest BCUT2D eigenvalue weighted by molar-refractivity contribution is 0.460. The summed E-state index contributed by atoms with van der Waals surface area (Å²) in [5.41, 5.74) is 2.32. The van der Waals surface area contributed by atoms with Crippen LogP contribution in [0.1, 0.15) is 56.1 Å². The fourth-order valence-corrected chi connectivity index (χ4v) is 3.15. The molecule has 3 rings (SSSR count). The minimum Gasteiger partial charge on any atom is -0.367 e. The van der Waals surface area contributed by atoms with Crippen LogP contribution in [0.4, 0.5) is 5.82 Å². The van der Waals surface area contributed by atoms with Gasteiger partial charge in [0.15, 0.2) is 0 Å². The van der Waals surface area contributed by atoms with Gasteiger partial charge in [0.25, 0.3) is 5.78 Å². The van der Waals surface area contributed by atoms with Crippen molar-refractivity contribution in [2.75, 3.05) is 5.32 Å². The van der Waals surface area contributed by atoms with Gasteiger partial charge in [-0.3, -0.25) is 0 Å². The van der Waals surface area contributed by atoms with Gasteiger partial charge in [-0.25, -0.2) is 4.98 Å². The number of hydrogen-bond donors (Lipinski definition) is 1. The van der Waals surface area contributed by atoms with Crippen LogP contribution in [0.2, 0.25) is 0 Å². The number of nitrogens with zero attached hydrogens (tertiary/aromatic N) is 4. The Hall–Kier alpha value is -1.65. The minimum absolute atomic E-state index is 0.559. The summed E-state index contributed by atoms with van der Waals surface area (Å²) in [4.78, 5) is 8.97. The van der Waals surface area contributed by atoms with E-state index in [-0.39, 0.29) is 0 Å². The molecule has 108 valence electrons. The average Bonchev–Trinajstić information content (AvgIpc) is 2.80. The summed E-state index contributed by atoms with van der Waals surface area (Å²) in [6.45, 7) is 6.15. The maximum absolute atomic E-state index is 4.57. The number of fused-ring (bicyclic) bond motifs is 1. The molecule has 0 bridgehead atoms. The Kier molecular flexibility index (Phi) is 3.59. The first-order valence-corrected chi connectivity index (χ1v) is 7.68. The Balaban J connectivity index is 2.05. The van der Waals surface area contributed by atoms with Crippen LogP contribution < -0.4 is 5.32 Å². The molecule has 0 saturated heterocycles. The summed E-state index contributed by atoms with van der Waals surface area (Å²) in [6, 6.07) is 0.559. The summed E-state index contributed by atoms with van der Waals surface area (Å²) in [5.74, 6) is 2.58. The molecule has 2 aromatic heterocycles. The zero-order valence-electron chi connectivity index (χ0n) is 12.6. The standard InChI is InChI=1S/C15H23N5/c1-4-13-10(2)16-15-17-11(3)19-20(15)14(13)18-12-8-6-5-7-9-12/h12,18H,4-9H2,1-3H3. The van der Waals surface area contributed by atoms with Gasteiger partial charge in [-0.15, -0.1) is 5.10 Å². The molecule has 1 aliphatic carbocycles. The highest BCUT2D eigenvalue weighted by atomic mass is 15.4. The third-order valence-corrected chi connectivity index (χ3v) is 4.20. The molecular weight excluding hydrogens is 250 g/mol. The first-order chi connectivity index (χ1) is 9.69. The van der Waals surface area contributed by atoms with Gasteiger partial charge in [0.2, 0.25) is 0 Å². The van der Waals surface area contributed by atoms with Crippen molar-refractivity contribution < 1.29 is 0 Å². The van der Waals surface area contributed by atoms with Crippen molar-refractivity contribution in [3.05, 3.63) is 17.1 Å². The summed E-state index contributed by atoms with van der Waals surface area (Å²) >= 11 is 0. The average molecular weight is 273 g/mol. The summed E-state index contributed by atoms with van der Waals surface area (Å²) in [7, 11) is 0. The van der Waals surface area contributed by atoms with Crippen molar-refractivity contribution in [3.8, 4) is 0 Å².